The van der Waals surface area contributed by atoms with E-state index < -0.39 is 6.36 Å². The zero-order chi connectivity index (χ0) is 15.7. The van der Waals surface area contributed by atoms with Gasteiger partial charge in [0.2, 0.25) is 0 Å². The molecule has 2 N–H and O–H groups in total. The SMILES string of the molecule is NCc1nc(-c2ccc(OC(F)(F)F)cc2)c2ncsc2n1. The predicted molar refractivity (Wildman–Crippen MR) is 75.2 cm³/mol. The van der Waals surface area contributed by atoms with E-state index in [2.05, 4.69) is 19.7 Å². The van der Waals surface area contributed by atoms with Crippen molar-refractivity contribution in [2.24, 2.45) is 5.73 Å². The Kier molecular flexibility index (Phi) is 3.67. The smallest absolute Gasteiger partial charge is 0.406 e. The number of hydrogen-bond donors (Lipinski definition) is 1. The molecule has 0 amide bonds. The van der Waals surface area contributed by atoms with Gasteiger partial charge in [-0.1, -0.05) is 0 Å². The number of halogens is 3. The van der Waals surface area contributed by atoms with Gasteiger partial charge in [0.1, 0.15) is 27.6 Å². The quantitative estimate of drug-likeness (QED) is 0.800. The van der Waals surface area contributed by atoms with E-state index in [0.29, 0.717) is 27.4 Å². The van der Waals surface area contributed by atoms with Gasteiger partial charge in [0.05, 0.1) is 12.1 Å². The normalized spacial score (nSPS) is 11.8. The van der Waals surface area contributed by atoms with Crippen LogP contribution in [0.3, 0.4) is 0 Å². The van der Waals surface area contributed by atoms with Crippen LogP contribution in [0.25, 0.3) is 21.6 Å². The molecule has 114 valence electrons. The maximum atomic E-state index is 12.2. The summed E-state index contributed by atoms with van der Waals surface area (Å²) in [6, 6.07) is 5.43. The summed E-state index contributed by atoms with van der Waals surface area (Å²) in [6.07, 6.45) is -4.72. The van der Waals surface area contributed by atoms with Crippen molar-refractivity contribution in [3.8, 4) is 17.0 Å². The summed E-state index contributed by atoms with van der Waals surface area (Å²) >= 11 is 1.35. The van der Waals surface area contributed by atoms with Gasteiger partial charge in [-0.15, -0.1) is 24.5 Å². The van der Waals surface area contributed by atoms with Gasteiger partial charge in [0.15, 0.2) is 0 Å². The lowest BCUT2D eigenvalue weighted by atomic mass is 10.1. The lowest BCUT2D eigenvalue weighted by Gasteiger charge is -2.09. The number of nitrogens with zero attached hydrogens (tertiary/aromatic N) is 3. The van der Waals surface area contributed by atoms with Gasteiger partial charge >= 0.3 is 6.36 Å². The number of hydrogen-bond acceptors (Lipinski definition) is 6. The first-order valence-electron chi connectivity index (χ1n) is 6.12. The molecule has 0 aliphatic heterocycles. The molecule has 3 aromatic rings. The van der Waals surface area contributed by atoms with Crippen LogP contribution in [0.1, 0.15) is 5.82 Å². The molecule has 0 aliphatic carbocycles. The minimum Gasteiger partial charge on any atom is -0.406 e. The molecule has 0 aliphatic rings. The number of alkyl halides is 3. The van der Waals surface area contributed by atoms with Gasteiger partial charge in [-0.05, 0) is 24.3 Å². The minimum absolute atomic E-state index is 0.163. The monoisotopic (exact) mass is 326 g/mol. The first kappa shape index (κ1) is 14.7. The van der Waals surface area contributed by atoms with Gasteiger partial charge in [-0.25, -0.2) is 15.0 Å². The lowest BCUT2D eigenvalue weighted by molar-refractivity contribution is -0.274. The number of nitrogens with two attached hydrogens (primary N) is 1. The topological polar surface area (TPSA) is 73.9 Å². The zero-order valence-corrected chi connectivity index (χ0v) is 11.8. The number of ether oxygens (including phenoxy) is 1. The molecule has 0 unspecified atom stereocenters. The number of rotatable bonds is 3. The first-order chi connectivity index (χ1) is 10.5. The van der Waals surface area contributed by atoms with E-state index in [1.165, 1.54) is 35.6 Å². The molecule has 3 rings (SSSR count). The van der Waals surface area contributed by atoms with Crippen molar-refractivity contribution in [2.45, 2.75) is 12.9 Å². The predicted octanol–water partition coefficient (Wildman–Crippen LogP) is 3.11. The molecule has 2 heterocycles. The van der Waals surface area contributed by atoms with Crippen molar-refractivity contribution in [3.05, 3.63) is 35.6 Å². The third-order valence-corrected chi connectivity index (χ3v) is 3.51. The largest absolute Gasteiger partial charge is 0.573 e. The average Bonchev–Trinajstić information content (AvgIpc) is 2.93. The molecule has 0 saturated heterocycles. The fourth-order valence-corrected chi connectivity index (χ4v) is 2.59. The molecule has 0 atom stereocenters. The standard InChI is InChI=1S/C13H9F3N4OS/c14-13(15,16)21-8-3-1-7(2-4-8)10-11-12(22-6-18-11)20-9(5-17)19-10/h1-4,6H,5,17H2. The molecule has 0 spiro atoms. The Labute approximate surface area is 126 Å². The molecule has 2 aromatic heterocycles. The second-order valence-electron chi connectivity index (χ2n) is 4.27. The van der Waals surface area contributed by atoms with Crippen LogP contribution in [-0.4, -0.2) is 21.3 Å². The van der Waals surface area contributed by atoms with Gasteiger partial charge in [-0.2, -0.15) is 0 Å². The minimum atomic E-state index is -4.72. The summed E-state index contributed by atoms with van der Waals surface area (Å²) in [4.78, 5) is 13.4. The molecular weight excluding hydrogens is 317 g/mol. The van der Waals surface area contributed by atoms with Gasteiger partial charge in [0.25, 0.3) is 0 Å². The lowest BCUT2D eigenvalue weighted by Crippen LogP contribution is -2.16. The summed E-state index contributed by atoms with van der Waals surface area (Å²) in [5.41, 5.74) is 8.93. The highest BCUT2D eigenvalue weighted by atomic mass is 32.1. The number of benzene rings is 1. The maximum absolute atomic E-state index is 12.2. The molecule has 1 aromatic carbocycles. The summed E-state index contributed by atoms with van der Waals surface area (Å²) in [5.74, 6) is 0.154. The van der Waals surface area contributed by atoms with E-state index in [1.807, 2.05) is 0 Å². The second kappa shape index (κ2) is 5.50. The summed E-state index contributed by atoms with van der Waals surface area (Å²) in [6.45, 7) is 0.163. The Balaban J connectivity index is 2.02. The van der Waals surface area contributed by atoms with Gasteiger partial charge in [-0.3, -0.25) is 0 Å². The molecule has 9 heteroatoms. The molecule has 22 heavy (non-hydrogen) atoms. The van der Waals surface area contributed by atoms with Gasteiger partial charge < -0.3 is 10.5 Å². The van der Waals surface area contributed by atoms with E-state index >= 15 is 0 Å². The van der Waals surface area contributed by atoms with Crippen LogP contribution in [-0.2, 0) is 6.54 Å². The third-order valence-electron chi connectivity index (χ3n) is 2.79. The van der Waals surface area contributed by atoms with Crippen molar-refractivity contribution < 1.29 is 17.9 Å². The van der Waals surface area contributed by atoms with Crippen LogP contribution in [0.4, 0.5) is 13.2 Å². The van der Waals surface area contributed by atoms with Crippen molar-refractivity contribution in [1.29, 1.82) is 0 Å². The van der Waals surface area contributed by atoms with Crippen LogP contribution in [0.15, 0.2) is 29.8 Å². The van der Waals surface area contributed by atoms with E-state index in [9.17, 15) is 13.2 Å². The van der Waals surface area contributed by atoms with E-state index in [-0.39, 0.29) is 12.3 Å². The molecule has 5 nitrogen and oxygen atoms in total. The van der Waals surface area contributed by atoms with Crippen molar-refractivity contribution in [3.63, 3.8) is 0 Å². The van der Waals surface area contributed by atoms with Crippen LogP contribution in [0.5, 0.6) is 5.75 Å². The van der Waals surface area contributed by atoms with Crippen molar-refractivity contribution >= 4 is 21.7 Å². The fraction of sp³-hybridized carbons (Fsp3) is 0.154. The van der Waals surface area contributed by atoms with Crippen LogP contribution in [0, 0.1) is 0 Å². The van der Waals surface area contributed by atoms with Crippen LogP contribution < -0.4 is 10.5 Å². The summed E-state index contributed by atoms with van der Waals surface area (Å²) in [5, 5.41) is 0. The fourth-order valence-electron chi connectivity index (χ4n) is 1.91. The Morgan fingerprint density at radius 2 is 1.86 bits per heavy atom. The maximum Gasteiger partial charge on any atom is 0.573 e. The summed E-state index contributed by atoms with van der Waals surface area (Å²) < 4.78 is 40.3. The third kappa shape index (κ3) is 3.00. The van der Waals surface area contributed by atoms with E-state index in [4.69, 9.17) is 5.73 Å². The van der Waals surface area contributed by atoms with E-state index in [0.717, 1.165) is 0 Å². The number of thiazole rings is 1. The molecule has 0 fully saturated rings. The molecule has 0 bridgehead atoms. The van der Waals surface area contributed by atoms with E-state index in [1.54, 1.807) is 5.51 Å². The zero-order valence-electron chi connectivity index (χ0n) is 11.0. The highest BCUT2D eigenvalue weighted by Gasteiger charge is 2.31. The molecule has 0 saturated carbocycles. The van der Waals surface area contributed by atoms with Crippen LogP contribution in [0.2, 0.25) is 0 Å². The highest BCUT2D eigenvalue weighted by molar-refractivity contribution is 7.16. The molecular formula is C13H9F3N4OS. The highest BCUT2D eigenvalue weighted by Crippen LogP contribution is 2.30. The second-order valence-corrected chi connectivity index (χ2v) is 5.10. The Morgan fingerprint density at radius 1 is 1.14 bits per heavy atom. The Morgan fingerprint density at radius 3 is 2.50 bits per heavy atom. The molecule has 0 radical (unpaired) electrons. The van der Waals surface area contributed by atoms with Crippen LogP contribution >= 0.6 is 11.3 Å². The Bertz CT molecular complexity index is 801. The first-order valence-corrected chi connectivity index (χ1v) is 7.00. The summed E-state index contributed by atoms with van der Waals surface area (Å²) in [7, 11) is 0. The Hall–Kier alpha value is -2.26. The van der Waals surface area contributed by atoms with Gasteiger partial charge in [0, 0.05) is 5.56 Å². The van der Waals surface area contributed by atoms with Crippen molar-refractivity contribution in [1.82, 2.24) is 15.0 Å². The number of aromatic nitrogens is 3. The number of fused-ring (bicyclic) bond motifs is 1. The average molecular weight is 326 g/mol. The van der Waals surface area contributed by atoms with Crippen molar-refractivity contribution in [2.75, 3.05) is 0 Å².